The van der Waals surface area contributed by atoms with Crippen LogP contribution in [0.1, 0.15) is 44.4 Å². The van der Waals surface area contributed by atoms with Gasteiger partial charge in [0.05, 0.1) is 13.0 Å². The molecule has 1 atom stereocenters. The Morgan fingerprint density at radius 2 is 2.19 bits per heavy atom. The molecule has 140 valence electrons. The number of likely N-dealkylation sites (tertiary alicyclic amines) is 1. The van der Waals surface area contributed by atoms with Crippen molar-refractivity contribution in [3.05, 3.63) is 30.2 Å². The predicted molar refractivity (Wildman–Crippen MR) is 98.1 cm³/mol. The van der Waals surface area contributed by atoms with E-state index in [1.807, 2.05) is 29.2 Å². The van der Waals surface area contributed by atoms with E-state index in [-0.39, 0.29) is 11.9 Å². The summed E-state index contributed by atoms with van der Waals surface area (Å²) < 4.78 is 10.7. The van der Waals surface area contributed by atoms with Crippen LogP contribution in [0.15, 0.2) is 28.8 Å². The van der Waals surface area contributed by atoms with Gasteiger partial charge >= 0.3 is 6.03 Å². The average Bonchev–Trinajstić information content (AvgIpc) is 3.18. The van der Waals surface area contributed by atoms with Crippen molar-refractivity contribution < 1.29 is 14.1 Å². The monoisotopic (exact) mass is 358 g/mol. The molecule has 1 aliphatic rings. The molecule has 7 heteroatoms. The molecule has 26 heavy (non-hydrogen) atoms. The second kappa shape index (κ2) is 8.69. The fourth-order valence-electron chi connectivity index (χ4n) is 3.11. The van der Waals surface area contributed by atoms with Crippen LogP contribution in [0.3, 0.4) is 0 Å². The number of nitrogens with one attached hydrogen (secondary N) is 1. The van der Waals surface area contributed by atoms with Crippen LogP contribution in [0.2, 0.25) is 0 Å². The Labute approximate surface area is 153 Å². The Morgan fingerprint density at radius 1 is 1.38 bits per heavy atom. The van der Waals surface area contributed by atoms with E-state index in [9.17, 15) is 4.79 Å². The van der Waals surface area contributed by atoms with Gasteiger partial charge in [-0.25, -0.2) is 4.79 Å². The van der Waals surface area contributed by atoms with Crippen LogP contribution in [-0.4, -0.2) is 47.8 Å². The van der Waals surface area contributed by atoms with E-state index in [1.165, 1.54) is 0 Å². The van der Waals surface area contributed by atoms with Gasteiger partial charge in [0.15, 0.2) is 0 Å². The van der Waals surface area contributed by atoms with E-state index in [1.54, 1.807) is 7.11 Å². The standard InChI is InChI=1S/C19H26N4O3/c1-3-4-11-20-19(24)23-12-5-6-15(13-23)18-21-17(22-26-18)14-7-9-16(25-2)10-8-14/h7-10,15H,3-6,11-13H2,1-2H3,(H,20,24). The first-order valence-corrected chi connectivity index (χ1v) is 9.22. The molecule has 0 aliphatic carbocycles. The highest BCUT2D eigenvalue weighted by Gasteiger charge is 2.28. The summed E-state index contributed by atoms with van der Waals surface area (Å²) in [5, 5.41) is 7.08. The van der Waals surface area contributed by atoms with Gasteiger partial charge in [0.2, 0.25) is 11.7 Å². The number of methoxy groups -OCH3 is 1. The van der Waals surface area contributed by atoms with Crippen LogP contribution in [0.4, 0.5) is 4.79 Å². The third-order valence-electron chi connectivity index (χ3n) is 4.65. The van der Waals surface area contributed by atoms with Gasteiger partial charge in [0.25, 0.3) is 0 Å². The first kappa shape index (κ1) is 18.2. The second-order valence-corrected chi connectivity index (χ2v) is 6.56. The van der Waals surface area contributed by atoms with Crippen LogP contribution in [0.25, 0.3) is 11.4 Å². The molecule has 2 amide bonds. The van der Waals surface area contributed by atoms with E-state index in [2.05, 4.69) is 22.4 Å². The lowest BCUT2D eigenvalue weighted by Crippen LogP contribution is -2.45. The van der Waals surface area contributed by atoms with E-state index >= 15 is 0 Å². The third kappa shape index (κ3) is 4.33. The summed E-state index contributed by atoms with van der Waals surface area (Å²) in [4.78, 5) is 18.7. The van der Waals surface area contributed by atoms with Crippen molar-refractivity contribution in [2.75, 3.05) is 26.7 Å². The highest BCUT2D eigenvalue weighted by molar-refractivity contribution is 5.74. The Hall–Kier alpha value is -2.57. The molecule has 1 unspecified atom stereocenters. The zero-order valence-electron chi connectivity index (χ0n) is 15.4. The maximum atomic E-state index is 12.3. The number of unbranched alkanes of at least 4 members (excludes halogenated alkanes) is 1. The van der Waals surface area contributed by atoms with Crippen molar-refractivity contribution in [1.29, 1.82) is 0 Å². The lowest BCUT2D eigenvalue weighted by Gasteiger charge is -2.31. The fourth-order valence-corrected chi connectivity index (χ4v) is 3.11. The van der Waals surface area contributed by atoms with Crippen LogP contribution in [0.5, 0.6) is 5.75 Å². The van der Waals surface area contributed by atoms with Crippen molar-refractivity contribution in [2.24, 2.45) is 0 Å². The summed E-state index contributed by atoms with van der Waals surface area (Å²) in [5.74, 6) is 2.03. The number of nitrogens with zero attached hydrogens (tertiary/aromatic N) is 3. The largest absolute Gasteiger partial charge is 0.497 e. The number of piperidine rings is 1. The maximum Gasteiger partial charge on any atom is 0.317 e. The third-order valence-corrected chi connectivity index (χ3v) is 4.65. The van der Waals surface area contributed by atoms with Crippen molar-refractivity contribution in [3.8, 4) is 17.1 Å². The van der Waals surface area contributed by atoms with Crippen LogP contribution < -0.4 is 10.1 Å². The molecule has 1 aliphatic heterocycles. The molecule has 1 N–H and O–H groups in total. The first-order valence-electron chi connectivity index (χ1n) is 9.22. The summed E-state index contributed by atoms with van der Waals surface area (Å²) in [6.07, 6.45) is 3.95. The predicted octanol–water partition coefficient (Wildman–Crippen LogP) is 3.43. The smallest absolute Gasteiger partial charge is 0.317 e. The van der Waals surface area contributed by atoms with Crippen LogP contribution >= 0.6 is 0 Å². The molecule has 7 nitrogen and oxygen atoms in total. The minimum atomic E-state index is -0.00181. The molecule has 1 aromatic heterocycles. The molecule has 1 fully saturated rings. The average molecular weight is 358 g/mol. The summed E-state index contributed by atoms with van der Waals surface area (Å²) >= 11 is 0. The van der Waals surface area contributed by atoms with Gasteiger partial charge in [-0.2, -0.15) is 4.98 Å². The number of carbonyl (C=O) groups excluding carboxylic acids is 1. The lowest BCUT2D eigenvalue weighted by atomic mass is 9.98. The van der Waals surface area contributed by atoms with Crippen molar-refractivity contribution in [3.63, 3.8) is 0 Å². The van der Waals surface area contributed by atoms with Gasteiger partial charge in [-0.3, -0.25) is 0 Å². The number of hydrogen-bond donors (Lipinski definition) is 1. The Balaban J connectivity index is 1.63. The zero-order chi connectivity index (χ0) is 18.4. The number of aromatic nitrogens is 2. The molecule has 2 aromatic rings. The van der Waals surface area contributed by atoms with Gasteiger partial charge in [-0.1, -0.05) is 18.5 Å². The van der Waals surface area contributed by atoms with Crippen molar-refractivity contribution >= 4 is 6.03 Å². The summed E-state index contributed by atoms with van der Waals surface area (Å²) in [7, 11) is 1.63. The molecular formula is C19H26N4O3. The summed E-state index contributed by atoms with van der Waals surface area (Å²) in [5.41, 5.74) is 0.880. The molecule has 1 aromatic carbocycles. The van der Waals surface area contributed by atoms with Gasteiger partial charge in [0.1, 0.15) is 5.75 Å². The molecule has 3 rings (SSSR count). The molecule has 1 saturated heterocycles. The van der Waals surface area contributed by atoms with Crippen LogP contribution in [0, 0.1) is 0 Å². The SMILES string of the molecule is CCCCNC(=O)N1CCCC(c2nc(-c3ccc(OC)cc3)no2)C1. The number of urea groups is 1. The van der Waals surface area contributed by atoms with E-state index in [4.69, 9.17) is 9.26 Å². The summed E-state index contributed by atoms with van der Waals surface area (Å²) in [6, 6.07) is 7.55. The topological polar surface area (TPSA) is 80.5 Å². The quantitative estimate of drug-likeness (QED) is 0.800. The Morgan fingerprint density at radius 3 is 2.92 bits per heavy atom. The van der Waals surface area contributed by atoms with Gasteiger partial charge < -0.3 is 19.5 Å². The fraction of sp³-hybridized carbons (Fsp3) is 0.526. The number of ether oxygens (including phenoxy) is 1. The number of benzene rings is 1. The molecule has 0 saturated carbocycles. The number of rotatable bonds is 6. The second-order valence-electron chi connectivity index (χ2n) is 6.56. The minimum absolute atomic E-state index is 0.00181. The molecule has 0 radical (unpaired) electrons. The molecule has 2 heterocycles. The lowest BCUT2D eigenvalue weighted by molar-refractivity contribution is 0.172. The van der Waals surface area contributed by atoms with Gasteiger partial charge in [-0.05, 0) is 43.5 Å². The minimum Gasteiger partial charge on any atom is -0.497 e. The highest BCUT2D eigenvalue weighted by atomic mass is 16.5. The van der Waals surface area contributed by atoms with Gasteiger partial charge in [0, 0.05) is 25.2 Å². The zero-order valence-corrected chi connectivity index (χ0v) is 15.4. The van der Waals surface area contributed by atoms with Crippen molar-refractivity contribution in [2.45, 2.75) is 38.5 Å². The molecular weight excluding hydrogens is 332 g/mol. The van der Waals surface area contributed by atoms with E-state index in [0.717, 1.165) is 50.1 Å². The Bertz CT molecular complexity index is 714. The Kier molecular flexibility index (Phi) is 6.09. The number of hydrogen-bond acceptors (Lipinski definition) is 5. The normalized spacial score (nSPS) is 17.2. The molecule has 0 bridgehead atoms. The van der Waals surface area contributed by atoms with Gasteiger partial charge in [-0.15, -0.1) is 0 Å². The number of amides is 2. The summed E-state index contributed by atoms with van der Waals surface area (Å²) in [6.45, 7) is 4.22. The maximum absolute atomic E-state index is 12.3. The van der Waals surface area contributed by atoms with E-state index in [0.29, 0.717) is 18.3 Å². The molecule has 0 spiro atoms. The number of carbonyl (C=O) groups is 1. The van der Waals surface area contributed by atoms with Crippen molar-refractivity contribution in [1.82, 2.24) is 20.4 Å². The first-order chi connectivity index (χ1) is 12.7. The highest BCUT2D eigenvalue weighted by Crippen LogP contribution is 2.28. The van der Waals surface area contributed by atoms with E-state index < -0.39 is 0 Å². The van der Waals surface area contributed by atoms with Crippen LogP contribution in [-0.2, 0) is 0 Å².